The van der Waals surface area contributed by atoms with Gasteiger partial charge in [0.15, 0.2) is 0 Å². The molecule has 116 valence electrons. The molecule has 0 atom stereocenters. The highest BCUT2D eigenvalue weighted by atomic mass is 127. The fourth-order valence-corrected chi connectivity index (χ4v) is 3.39. The van der Waals surface area contributed by atoms with Gasteiger partial charge in [0.05, 0.1) is 17.6 Å². The first-order valence-electron chi connectivity index (χ1n) is 6.31. The van der Waals surface area contributed by atoms with Crippen LogP contribution in [0.5, 0.6) is 0 Å². The predicted molar refractivity (Wildman–Crippen MR) is 92.5 cm³/mol. The van der Waals surface area contributed by atoms with Gasteiger partial charge in [-0.3, -0.25) is 4.72 Å². The van der Waals surface area contributed by atoms with Gasteiger partial charge in [-0.15, -0.1) is 0 Å². The molecule has 5 nitrogen and oxygen atoms in total. The van der Waals surface area contributed by atoms with Gasteiger partial charge < -0.3 is 4.74 Å². The van der Waals surface area contributed by atoms with E-state index < -0.39 is 16.0 Å². The average molecular weight is 431 g/mol. The summed E-state index contributed by atoms with van der Waals surface area (Å²) in [7, 11) is -2.52. The highest BCUT2D eigenvalue weighted by molar-refractivity contribution is 14.1. The molecule has 0 bridgehead atoms. The van der Waals surface area contributed by atoms with Crippen LogP contribution in [0, 0.1) is 10.5 Å². The number of hydrogen-bond acceptors (Lipinski definition) is 4. The van der Waals surface area contributed by atoms with Crippen molar-refractivity contribution in [3.05, 3.63) is 57.2 Å². The van der Waals surface area contributed by atoms with Gasteiger partial charge in [0.2, 0.25) is 0 Å². The average Bonchev–Trinajstić information content (AvgIpc) is 2.50. The molecule has 2 aromatic carbocycles. The van der Waals surface area contributed by atoms with E-state index in [0.29, 0.717) is 5.69 Å². The number of ether oxygens (including phenoxy) is 1. The smallest absolute Gasteiger partial charge is 0.337 e. The fourth-order valence-electron chi connectivity index (χ4n) is 1.78. The number of anilines is 1. The minimum absolute atomic E-state index is 0.00554. The summed E-state index contributed by atoms with van der Waals surface area (Å²) in [5.74, 6) is -0.582. The zero-order valence-electron chi connectivity index (χ0n) is 12.0. The maximum absolute atomic E-state index is 12.4. The van der Waals surface area contributed by atoms with Crippen molar-refractivity contribution in [1.29, 1.82) is 0 Å². The molecule has 0 aromatic heterocycles. The normalized spacial score (nSPS) is 11.0. The molecule has 2 aromatic rings. The van der Waals surface area contributed by atoms with E-state index >= 15 is 0 Å². The third-order valence-electron chi connectivity index (χ3n) is 2.99. The van der Waals surface area contributed by atoms with Crippen LogP contribution in [-0.2, 0) is 14.8 Å². The monoisotopic (exact) mass is 431 g/mol. The maximum Gasteiger partial charge on any atom is 0.337 e. The topological polar surface area (TPSA) is 72.5 Å². The minimum atomic E-state index is -3.77. The Bertz CT molecular complexity index is 818. The van der Waals surface area contributed by atoms with Crippen LogP contribution in [-0.4, -0.2) is 21.5 Å². The molecule has 7 heteroatoms. The van der Waals surface area contributed by atoms with E-state index in [1.807, 2.05) is 13.0 Å². The number of benzene rings is 2. The number of nitrogens with one attached hydrogen (secondary N) is 1. The summed E-state index contributed by atoms with van der Waals surface area (Å²) in [5, 5.41) is 0. The first kappa shape index (κ1) is 16.8. The van der Waals surface area contributed by atoms with Crippen molar-refractivity contribution in [3.63, 3.8) is 0 Å². The third-order valence-corrected chi connectivity index (χ3v) is 5.53. The molecular formula is C15H14INO4S. The number of esters is 1. The van der Waals surface area contributed by atoms with Gasteiger partial charge in [0.25, 0.3) is 10.0 Å². The van der Waals surface area contributed by atoms with Crippen LogP contribution in [0.15, 0.2) is 47.4 Å². The Hall–Kier alpha value is -1.61. The largest absolute Gasteiger partial charge is 0.465 e. The third kappa shape index (κ3) is 3.77. The Kier molecular flexibility index (Phi) is 5.07. The lowest BCUT2D eigenvalue weighted by atomic mass is 10.2. The maximum atomic E-state index is 12.4. The van der Waals surface area contributed by atoms with E-state index in [-0.39, 0.29) is 10.5 Å². The zero-order chi connectivity index (χ0) is 16.3. The quantitative estimate of drug-likeness (QED) is 0.597. The van der Waals surface area contributed by atoms with Crippen LogP contribution in [0.4, 0.5) is 5.69 Å². The van der Waals surface area contributed by atoms with Gasteiger partial charge in [-0.25, -0.2) is 13.2 Å². The van der Waals surface area contributed by atoms with Gasteiger partial charge in [0, 0.05) is 9.26 Å². The van der Waals surface area contributed by atoms with Gasteiger partial charge in [-0.2, -0.15) is 0 Å². The molecule has 0 heterocycles. The van der Waals surface area contributed by atoms with Gasteiger partial charge in [-0.1, -0.05) is 12.1 Å². The van der Waals surface area contributed by atoms with Crippen LogP contribution in [0.2, 0.25) is 0 Å². The molecule has 0 spiro atoms. The van der Waals surface area contributed by atoms with Crippen LogP contribution in [0.3, 0.4) is 0 Å². The van der Waals surface area contributed by atoms with E-state index in [0.717, 1.165) is 9.13 Å². The summed E-state index contributed by atoms with van der Waals surface area (Å²) < 4.78 is 32.8. The Morgan fingerprint density at radius 3 is 2.55 bits per heavy atom. The standard InChI is InChI=1S/C15H14INO4S/c1-10-6-7-12(9-14(10)16)17-22(19,20)13-5-3-4-11(8-13)15(18)21-2/h3-9,17H,1-2H3. The van der Waals surface area contributed by atoms with Crippen molar-refractivity contribution >= 4 is 44.3 Å². The minimum Gasteiger partial charge on any atom is -0.465 e. The summed E-state index contributed by atoms with van der Waals surface area (Å²) in [4.78, 5) is 11.5. The Labute approximate surface area is 142 Å². The summed E-state index contributed by atoms with van der Waals surface area (Å²) in [6, 6.07) is 11.0. The van der Waals surface area contributed by atoms with Gasteiger partial charge in [0.1, 0.15) is 0 Å². The lowest BCUT2D eigenvalue weighted by Crippen LogP contribution is -2.14. The second-order valence-electron chi connectivity index (χ2n) is 4.59. The fraction of sp³-hybridized carbons (Fsp3) is 0.133. The number of hydrogen-bond donors (Lipinski definition) is 1. The predicted octanol–water partition coefficient (Wildman–Crippen LogP) is 3.19. The van der Waals surface area contributed by atoms with E-state index in [1.54, 1.807) is 12.1 Å². The first-order chi connectivity index (χ1) is 10.3. The molecular weight excluding hydrogens is 417 g/mol. The molecule has 0 fully saturated rings. The number of halogens is 1. The first-order valence-corrected chi connectivity index (χ1v) is 8.87. The number of carbonyl (C=O) groups is 1. The summed E-state index contributed by atoms with van der Waals surface area (Å²) in [5.41, 5.74) is 1.72. The molecule has 0 unspecified atom stereocenters. The molecule has 1 N–H and O–H groups in total. The van der Waals surface area contributed by atoms with Crippen molar-refractivity contribution in [2.45, 2.75) is 11.8 Å². The molecule has 0 saturated carbocycles. The van der Waals surface area contributed by atoms with E-state index in [2.05, 4.69) is 32.0 Å². The number of methoxy groups -OCH3 is 1. The van der Waals surface area contributed by atoms with Crippen molar-refractivity contribution in [2.75, 3.05) is 11.8 Å². The summed E-state index contributed by atoms with van der Waals surface area (Å²) in [6.07, 6.45) is 0. The van der Waals surface area contributed by atoms with Crippen molar-refractivity contribution in [2.24, 2.45) is 0 Å². The van der Waals surface area contributed by atoms with Crippen molar-refractivity contribution in [1.82, 2.24) is 0 Å². The highest BCUT2D eigenvalue weighted by Crippen LogP contribution is 2.21. The Morgan fingerprint density at radius 2 is 1.91 bits per heavy atom. The van der Waals surface area contributed by atoms with Gasteiger partial charge >= 0.3 is 5.97 Å². The van der Waals surface area contributed by atoms with E-state index in [4.69, 9.17) is 0 Å². The lowest BCUT2D eigenvalue weighted by Gasteiger charge is -2.10. The summed E-state index contributed by atoms with van der Waals surface area (Å²) >= 11 is 2.14. The SMILES string of the molecule is COC(=O)c1cccc(S(=O)(=O)Nc2ccc(C)c(I)c2)c1. The zero-order valence-corrected chi connectivity index (χ0v) is 14.9. The van der Waals surface area contributed by atoms with Crippen LogP contribution in [0.25, 0.3) is 0 Å². The van der Waals surface area contributed by atoms with Gasteiger partial charge in [-0.05, 0) is 65.4 Å². The molecule has 0 aliphatic carbocycles. The lowest BCUT2D eigenvalue weighted by molar-refractivity contribution is 0.0600. The number of aryl methyl sites for hydroxylation is 1. The molecule has 0 amide bonds. The van der Waals surface area contributed by atoms with Crippen molar-refractivity contribution in [3.8, 4) is 0 Å². The number of sulfonamides is 1. The van der Waals surface area contributed by atoms with E-state index in [9.17, 15) is 13.2 Å². The number of carbonyl (C=O) groups excluding carboxylic acids is 1. The molecule has 2 rings (SSSR count). The molecule has 0 aliphatic rings. The molecule has 0 aliphatic heterocycles. The molecule has 0 saturated heterocycles. The van der Waals surface area contributed by atoms with Crippen LogP contribution < -0.4 is 4.72 Å². The van der Waals surface area contributed by atoms with Crippen LogP contribution in [0.1, 0.15) is 15.9 Å². The Morgan fingerprint density at radius 1 is 1.18 bits per heavy atom. The highest BCUT2D eigenvalue weighted by Gasteiger charge is 2.17. The van der Waals surface area contributed by atoms with E-state index in [1.165, 1.54) is 31.4 Å². The van der Waals surface area contributed by atoms with Crippen molar-refractivity contribution < 1.29 is 17.9 Å². The second-order valence-corrected chi connectivity index (χ2v) is 7.43. The molecule has 22 heavy (non-hydrogen) atoms. The second kappa shape index (κ2) is 6.66. The summed E-state index contributed by atoms with van der Waals surface area (Å²) in [6.45, 7) is 1.94. The Balaban J connectivity index is 2.34. The van der Waals surface area contributed by atoms with Crippen LogP contribution >= 0.6 is 22.6 Å². The molecule has 0 radical (unpaired) electrons. The number of rotatable bonds is 4.